The van der Waals surface area contributed by atoms with Gasteiger partial charge in [0.25, 0.3) is 0 Å². The van der Waals surface area contributed by atoms with Gasteiger partial charge in [0, 0.05) is 11.6 Å². The molecule has 0 radical (unpaired) electrons. The Hall–Kier alpha value is -4.05. The fourth-order valence-corrected chi connectivity index (χ4v) is 4.30. The van der Waals surface area contributed by atoms with Crippen LogP contribution in [-0.4, -0.2) is 60.6 Å². The van der Waals surface area contributed by atoms with Crippen molar-refractivity contribution in [3.05, 3.63) is 76.8 Å². The van der Waals surface area contributed by atoms with E-state index in [1.54, 1.807) is 30.3 Å². The zero-order chi connectivity index (χ0) is 27.7. The van der Waals surface area contributed by atoms with E-state index < -0.39 is 29.9 Å². The van der Waals surface area contributed by atoms with Crippen LogP contribution in [0.1, 0.15) is 40.9 Å². The predicted octanol–water partition coefficient (Wildman–Crippen LogP) is 4.01. The third-order valence-electron chi connectivity index (χ3n) is 6.04. The molecular weight excluding hydrogens is 512 g/mol. The summed E-state index contributed by atoms with van der Waals surface area (Å²) in [6.45, 7) is 5.66. The number of benzene rings is 2. The first-order valence-corrected chi connectivity index (χ1v) is 12.5. The average molecular weight is 543 g/mol. The van der Waals surface area contributed by atoms with E-state index in [-0.39, 0.29) is 31.7 Å². The summed E-state index contributed by atoms with van der Waals surface area (Å²) in [7, 11) is 1.53. The number of carboxylic acid groups (broad SMARTS) is 1. The van der Waals surface area contributed by atoms with E-state index in [0.29, 0.717) is 28.6 Å². The molecule has 0 aliphatic carbocycles. The molecule has 202 valence electrons. The Kier molecular flexibility index (Phi) is 10.1. The molecule has 0 aromatic heterocycles. The summed E-state index contributed by atoms with van der Waals surface area (Å²) in [6, 6.07) is 10.3. The maximum atomic E-state index is 13.7. The lowest BCUT2D eigenvalue weighted by Gasteiger charge is -2.26. The highest BCUT2D eigenvalue weighted by Gasteiger charge is 2.35. The molecule has 0 saturated carbocycles. The Morgan fingerprint density at radius 3 is 2.82 bits per heavy atom. The number of hydrogen-bond donors (Lipinski definition) is 3. The summed E-state index contributed by atoms with van der Waals surface area (Å²) in [5, 5.41) is 19.8. The van der Waals surface area contributed by atoms with Crippen LogP contribution in [0.25, 0.3) is 0 Å². The third-order valence-corrected chi connectivity index (χ3v) is 6.27. The standard InChI is InChI=1S/C27H31ClN4O6/c1-4-11-38-31-24-16-32(27(36)30-22(5-2)17-7-6-8-18(12-17)26(34)35)25(33)20(15-29-24)13-19-14-21(28)9-10-23(19)37-3/h4,6-10,12,14,20,22H,1,5,11,13,15-16H2,2-3H3,(H,29,31)(H,30,36)(H,34,35)/t20-,22?/m1/s1. The molecule has 38 heavy (non-hydrogen) atoms. The van der Waals surface area contributed by atoms with Gasteiger partial charge in [0.15, 0.2) is 5.84 Å². The Morgan fingerprint density at radius 1 is 1.34 bits per heavy atom. The minimum absolute atomic E-state index is 0.106. The summed E-state index contributed by atoms with van der Waals surface area (Å²) < 4.78 is 5.43. The average Bonchev–Trinajstić information content (AvgIpc) is 3.06. The van der Waals surface area contributed by atoms with Gasteiger partial charge in [-0.2, -0.15) is 0 Å². The number of amidine groups is 1. The lowest BCUT2D eigenvalue weighted by Crippen LogP contribution is -2.48. The molecule has 0 bridgehead atoms. The minimum atomic E-state index is -1.07. The summed E-state index contributed by atoms with van der Waals surface area (Å²) in [4.78, 5) is 44.8. The number of amides is 3. The highest BCUT2D eigenvalue weighted by molar-refractivity contribution is 6.30. The second-order valence-electron chi connectivity index (χ2n) is 8.63. The third kappa shape index (κ3) is 7.25. The molecule has 2 atom stereocenters. The van der Waals surface area contributed by atoms with E-state index in [1.165, 1.54) is 25.3 Å². The van der Waals surface area contributed by atoms with Crippen molar-refractivity contribution in [3.8, 4) is 5.75 Å². The number of ether oxygens (including phenoxy) is 1. The highest BCUT2D eigenvalue weighted by Crippen LogP contribution is 2.27. The zero-order valence-electron chi connectivity index (χ0n) is 21.3. The van der Waals surface area contributed by atoms with Gasteiger partial charge < -0.3 is 25.3 Å². The van der Waals surface area contributed by atoms with Crippen LogP contribution in [0.4, 0.5) is 4.79 Å². The van der Waals surface area contributed by atoms with Crippen LogP contribution in [0.3, 0.4) is 0 Å². The lowest BCUT2D eigenvalue weighted by atomic mass is 9.97. The van der Waals surface area contributed by atoms with E-state index >= 15 is 0 Å². The second-order valence-corrected chi connectivity index (χ2v) is 9.06. The quantitative estimate of drug-likeness (QED) is 0.235. The molecule has 1 aliphatic heterocycles. The number of carbonyl (C=O) groups is 3. The van der Waals surface area contributed by atoms with E-state index in [1.807, 2.05) is 6.92 Å². The lowest BCUT2D eigenvalue weighted by molar-refractivity contribution is -0.131. The van der Waals surface area contributed by atoms with Crippen molar-refractivity contribution in [3.63, 3.8) is 0 Å². The van der Waals surface area contributed by atoms with Crippen LogP contribution < -0.4 is 15.4 Å². The molecule has 3 amide bonds. The number of imide groups is 1. The molecule has 1 heterocycles. The number of urea groups is 1. The molecule has 1 fully saturated rings. The number of aromatic carboxylic acids is 1. The van der Waals surface area contributed by atoms with Crippen LogP contribution in [0.2, 0.25) is 5.02 Å². The van der Waals surface area contributed by atoms with Crippen LogP contribution >= 0.6 is 11.6 Å². The van der Waals surface area contributed by atoms with E-state index in [9.17, 15) is 19.5 Å². The molecular formula is C27H31ClN4O6. The molecule has 3 N–H and O–H groups in total. The second kappa shape index (κ2) is 13.5. The number of nitrogens with one attached hydrogen (secondary N) is 2. The monoisotopic (exact) mass is 542 g/mol. The van der Waals surface area contributed by atoms with Gasteiger partial charge in [-0.05, 0) is 54.3 Å². The molecule has 2 aromatic carbocycles. The fraction of sp³-hybridized carbons (Fsp3) is 0.333. The van der Waals surface area contributed by atoms with Crippen molar-refractivity contribution in [2.45, 2.75) is 25.8 Å². The van der Waals surface area contributed by atoms with Crippen LogP contribution in [0, 0.1) is 5.92 Å². The van der Waals surface area contributed by atoms with Crippen LogP contribution in [0.15, 0.2) is 60.3 Å². The van der Waals surface area contributed by atoms with Gasteiger partial charge in [0.2, 0.25) is 5.91 Å². The molecule has 2 aromatic rings. The number of carboxylic acids is 1. The van der Waals surface area contributed by atoms with Gasteiger partial charge in [0.1, 0.15) is 12.4 Å². The Balaban J connectivity index is 1.88. The van der Waals surface area contributed by atoms with Crippen molar-refractivity contribution in [2.24, 2.45) is 11.1 Å². The first-order chi connectivity index (χ1) is 18.3. The van der Waals surface area contributed by atoms with E-state index in [2.05, 4.69) is 22.4 Å². The highest BCUT2D eigenvalue weighted by atomic mass is 35.5. The minimum Gasteiger partial charge on any atom is -0.496 e. The number of hydrogen-bond acceptors (Lipinski definition) is 6. The molecule has 1 aliphatic rings. The van der Waals surface area contributed by atoms with Gasteiger partial charge in [-0.3, -0.25) is 9.69 Å². The molecule has 3 rings (SSSR count). The maximum Gasteiger partial charge on any atom is 0.335 e. The summed E-state index contributed by atoms with van der Waals surface area (Å²) >= 11 is 6.18. The topological polar surface area (TPSA) is 130 Å². The predicted molar refractivity (Wildman–Crippen MR) is 143 cm³/mol. The fourth-order valence-electron chi connectivity index (χ4n) is 4.10. The number of halogens is 1. The molecule has 1 unspecified atom stereocenters. The number of carbonyl (C=O) groups excluding carboxylic acids is 2. The van der Waals surface area contributed by atoms with Crippen molar-refractivity contribution in [2.75, 3.05) is 26.8 Å². The van der Waals surface area contributed by atoms with Gasteiger partial charge in [-0.25, -0.2) is 9.59 Å². The number of nitrogens with zero attached hydrogens (tertiary/aromatic N) is 2. The number of methoxy groups -OCH3 is 1. The molecule has 10 nitrogen and oxygen atoms in total. The van der Waals surface area contributed by atoms with Crippen LogP contribution in [0.5, 0.6) is 5.75 Å². The van der Waals surface area contributed by atoms with Gasteiger partial charge in [-0.1, -0.05) is 48.5 Å². The van der Waals surface area contributed by atoms with E-state index in [0.717, 1.165) is 10.5 Å². The Labute approximate surface area is 226 Å². The van der Waals surface area contributed by atoms with Crippen LogP contribution in [-0.2, 0) is 16.1 Å². The van der Waals surface area contributed by atoms with Gasteiger partial charge >= 0.3 is 12.0 Å². The molecule has 0 spiro atoms. The molecule has 11 heteroatoms. The first-order valence-electron chi connectivity index (χ1n) is 12.1. The SMILES string of the molecule is C=CCO/N=C1/CN(C(=O)NC(CC)c2cccc(C(=O)O)c2)C(=O)[C@H](Cc2cc(Cl)ccc2OC)CN1. The van der Waals surface area contributed by atoms with Crippen molar-refractivity contribution >= 4 is 35.3 Å². The Bertz CT molecular complexity index is 1220. The summed E-state index contributed by atoms with van der Waals surface area (Å²) in [5.74, 6) is -1.25. The zero-order valence-corrected chi connectivity index (χ0v) is 22.0. The van der Waals surface area contributed by atoms with E-state index in [4.69, 9.17) is 21.2 Å². The van der Waals surface area contributed by atoms with Crippen molar-refractivity contribution < 1.29 is 29.1 Å². The Morgan fingerprint density at radius 2 is 2.13 bits per heavy atom. The summed E-state index contributed by atoms with van der Waals surface area (Å²) in [6.07, 6.45) is 2.27. The van der Waals surface area contributed by atoms with Gasteiger partial charge in [-0.15, -0.1) is 0 Å². The van der Waals surface area contributed by atoms with Crippen molar-refractivity contribution in [1.29, 1.82) is 0 Å². The van der Waals surface area contributed by atoms with Gasteiger partial charge in [0.05, 0.1) is 31.2 Å². The number of rotatable bonds is 10. The van der Waals surface area contributed by atoms with Crippen molar-refractivity contribution in [1.82, 2.24) is 15.5 Å². The maximum absolute atomic E-state index is 13.7. The number of oxime groups is 1. The first kappa shape index (κ1) is 28.5. The normalized spacial score (nSPS) is 17.2. The molecule has 1 saturated heterocycles. The summed E-state index contributed by atoms with van der Waals surface area (Å²) in [5.41, 5.74) is 1.44. The smallest absolute Gasteiger partial charge is 0.335 e. The largest absolute Gasteiger partial charge is 0.496 e.